The van der Waals surface area contributed by atoms with E-state index in [1.807, 2.05) is 37.3 Å². The molecule has 2 heterocycles. The first-order valence-electron chi connectivity index (χ1n) is 10.9. The Morgan fingerprint density at radius 1 is 1.17 bits per heavy atom. The van der Waals surface area contributed by atoms with Crippen LogP contribution in [-0.4, -0.2) is 42.0 Å². The number of hydrogen-bond acceptors (Lipinski definition) is 3. The molecule has 1 unspecified atom stereocenters. The zero-order chi connectivity index (χ0) is 20.4. The molecule has 3 fully saturated rings. The average Bonchev–Trinajstić information content (AvgIpc) is 3.00. The molecule has 0 aromatic heterocycles. The molecule has 4 atom stereocenters. The van der Waals surface area contributed by atoms with Crippen molar-refractivity contribution >= 4 is 17.8 Å². The number of rotatable bonds is 5. The van der Waals surface area contributed by atoms with Crippen molar-refractivity contribution in [1.29, 1.82) is 0 Å². The summed E-state index contributed by atoms with van der Waals surface area (Å²) in [5.41, 5.74) is 2.19. The Kier molecular flexibility index (Phi) is 5.58. The van der Waals surface area contributed by atoms with Gasteiger partial charge < -0.3 is 10.2 Å². The van der Waals surface area contributed by atoms with Gasteiger partial charge >= 0.3 is 6.03 Å². The minimum atomic E-state index is -1.13. The molecule has 1 aromatic rings. The van der Waals surface area contributed by atoms with E-state index in [1.54, 1.807) is 0 Å². The first-order chi connectivity index (χ1) is 14.0. The van der Waals surface area contributed by atoms with Crippen LogP contribution in [0.2, 0.25) is 0 Å². The lowest BCUT2D eigenvalue weighted by Crippen LogP contribution is -3.18. The molecule has 2 saturated heterocycles. The summed E-state index contributed by atoms with van der Waals surface area (Å²) < 4.78 is 0. The summed E-state index contributed by atoms with van der Waals surface area (Å²) in [6.07, 6.45) is 7.77. The zero-order valence-electron chi connectivity index (χ0n) is 17.1. The van der Waals surface area contributed by atoms with Crippen LogP contribution >= 0.6 is 0 Å². The molecule has 3 aliphatic rings. The van der Waals surface area contributed by atoms with Crippen LogP contribution < -0.4 is 15.6 Å². The Morgan fingerprint density at radius 2 is 1.90 bits per heavy atom. The Morgan fingerprint density at radius 3 is 2.66 bits per heavy atom. The van der Waals surface area contributed by atoms with Gasteiger partial charge in [-0.15, -0.1) is 0 Å². The number of quaternary nitrogens is 1. The first-order valence-corrected chi connectivity index (χ1v) is 10.9. The third-order valence-corrected chi connectivity index (χ3v) is 7.02. The molecule has 156 valence electrons. The van der Waals surface area contributed by atoms with E-state index in [1.165, 1.54) is 37.0 Å². The molecule has 0 radical (unpaired) electrons. The fraction of sp³-hybridized carbons (Fsp3) is 0.591. The van der Waals surface area contributed by atoms with Gasteiger partial charge in [0.15, 0.2) is 6.54 Å². The van der Waals surface area contributed by atoms with E-state index in [0.29, 0.717) is 24.9 Å². The van der Waals surface area contributed by atoms with Gasteiger partial charge in [-0.05, 0) is 44.1 Å². The standard InChI is InChI=1S/C22H30N4O3/c1-2-22(17-11-4-3-5-12-17)20(28)26(21(29)23-22)24-19(27)15-25-14-8-10-16-9-6-7-13-18(16)25/h3-5,11-12,16,18H,2,6-10,13-15H2,1H3,(H,23,29)(H,24,27)/p+1/t16-,18+,22-/m1/s1. The van der Waals surface area contributed by atoms with Crippen LogP contribution in [-0.2, 0) is 15.1 Å². The third-order valence-electron chi connectivity index (χ3n) is 7.02. The largest absolute Gasteiger partial charge is 0.344 e. The summed E-state index contributed by atoms with van der Waals surface area (Å²) >= 11 is 0. The lowest BCUT2D eigenvalue weighted by atomic mass is 9.78. The van der Waals surface area contributed by atoms with E-state index < -0.39 is 17.5 Å². The molecule has 1 saturated carbocycles. The molecule has 7 nitrogen and oxygen atoms in total. The average molecular weight is 400 g/mol. The summed E-state index contributed by atoms with van der Waals surface area (Å²) in [4.78, 5) is 39.8. The van der Waals surface area contributed by atoms with Crippen molar-refractivity contribution in [3.8, 4) is 0 Å². The quantitative estimate of drug-likeness (QED) is 0.649. The van der Waals surface area contributed by atoms with Gasteiger partial charge in [0.25, 0.3) is 11.8 Å². The number of carbonyl (C=O) groups excluding carboxylic acids is 3. The maximum absolute atomic E-state index is 13.1. The molecule has 0 spiro atoms. The van der Waals surface area contributed by atoms with E-state index >= 15 is 0 Å². The molecule has 1 aliphatic carbocycles. The number of benzene rings is 1. The zero-order valence-corrected chi connectivity index (χ0v) is 17.1. The summed E-state index contributed by atoms with van der Waals surface area (Å²) in [5, 5.41) is 3.68. The minimum Gasteiger partial charge on any atom is -0.324 e. The second kappa shape index (κ2) is 8.14. The topological polar surface area (TPSA) is 83.0 Å². The smallest absolute Gasteiger partial charge is 0.324 e. The lowest BCUT2D eigenvalue weighted by Gasteiger charge is -2.40. The van der Waals surface area contributed by atoms with E-state index in [4.69, 9.17) is 0 Å². The van der Waals surface area contributed by atoms with Crippen molar-refractivity contribution in [2.45, 2.75) is 63.5 Å². The molecular formula is C22H31N4O3+. The lowest BCUT2D eigenvalue weighted by molar-refractivity contribution is -0.928. The molecule has 3 N–H and O–H groups in total. The fourth-order valence-corrected chi connectivity index (χ4v) is 5.50. The number of carbonyl (C=O) groups is 3. The number of hydrogen-bond donors (Lipinski definition) is 3. The number of likely N-dealkylation sites (tertiary alicyclic amines) is 1. The molecule has 7 heteroatoms. The number of amides is 4. The number of imide groups is 1. The van der Waals surface area contributed by atoms with E-state index in [-0.39, 0.29) is 5.91 Å². The van der Waals surface area contributed by atoms with Crippen LogP contribution in [0.25, 0.3) is 0 Å². The maximum Gasteiger partial charge on any atom is 0.344 e. The van der Waals surface area contributed by atoms with E-state index in [2.05, 4.69) is 10.7 Å². The number of nitrogens with one attached hydrogen (secondary N) is 3. The van der Waals surface area contributed by atoms with Crippen molar-refractivity contribution in [3.63, 3.8) is 0 Å². The van der Waals surface area contributed by atoms with Gasteiger partial charge in [-0.3, -0.25) is 15.0 Å². The van der Waals surface area contributed by atoms with Crippen molar-refractivity contribution in [2.75, 3.05) is 13.1 Å². The SMILES string of the molecule is CC[C@]1(c2ccccc2)NC(=O)N(NC(=O)C[NH+]2CCC[C@H]3CCCC[C@@H]32)C1=O. The molecule has 2 aliphatic heterocycles. The van der Waals surface area contributed by atoms with Gasteiger partial charge in [0.2, 0.25) is 0 Å². The van der Waals surface area contributed by atoms with Gasteiger partial charge in [0.1, 0.15) is 5.54 Å². The summed E-state index contributed by atoms with van der Waals surface area (Å²) in [7, 11) is 0. The summed E-state index contributed by atoms with van der Waals surface area (Å²) in [5.74, 6) is 0.0197. The Balaban J connectivity index is 1.44. The molecular weight excluding hydrogens is 368 g/mol. The van der Waals surface area contributed by atoms with Gasteiger partial charge in [-0.25, -0.2) is 4.79 Å². The Hall–Kier alpha value is -2.41. The van der Waals surface area contributed by atoms with E-state index in [0.717, 1.165) is 23.5 Å². The molecule has 1 aromatic carbocycles. The fourth-order valence-electron chi connectivity index (χ4n) is 5.50. The second-order valence-corrected chi connectivity index (χ2v) is 8.61. The maximum atomic E-state index is 13.1. The predicted molar refractivity (Wildman–Crippen MR) is 108 cm³/mol. The number of fused-ring (bicyclic) bond motifs is 1. The normalized spacial score (nSPS) is 31.9. The monoisotopic (exact) mass is 399 g/mol. The van der Waals surface area contributed by atoms with Crippen molar-refractivity contribution in [2.24, 2.45) is 5.92 Å². The number of nitrogens with zero attached hydrogens (tertiary/aromatic N) is 1. The van der Waals surface area contributed by atoms with Gasteiger partial charge in [0.05, 0.1) is 12.6 Å². The highest BCUT2D eigenvalue weighted by atomic mass is 16.2. The first kappa shape index (κ1) is 19.9. The predicted octanol–water partition coefficient (Wildman–Crippen LogP) is 1.11. The van der Waals surface area contributed by atoms with Crippen LogP contribution in [0.4, 0.5) is 4.79 Å². The van der Waals surface area contributed by atoms with Crippen molar-refractivity contribution in [1.82, 2.24) is 15.8 Å². The van der Waals surface area contributed by atoms with Gasteiger partial charge in [-0.2, -0.15) is 5.01 Å². The van der Waals surface area contributed by atoms with Crippen molar-refractivity contribution in [3.05, 3.63) is 35.9 Å². The van der Waals surface area contributed by atoms with Crippen LogP contribution in [0.3, 0.4) is 0 Å². The summed E-state index contributed by atoms with van der Waals surface area (Å²) in [6.45, 7) is 3.15. The number of hydrazine groups is 1. The molecule has 4 rings (SSSR count). The third kappa shape index (κ3) is 3.64. The highest BCUT2D eigenvalue weighted by Gasteiger charge is 2.52. The van der Waals surface area contributed by atoms with Gasteiger partial charge in [-0.1, -0.05) is 43.7 Å². The molecule has 0 bridgehead atoms. The van der Waals surface area contributed by atoms with Crippen molar-refractivity contribution < 1.29 is 19.3 Å². The van der Waals surface area contributed by atoms with E-state index in [9.17, 15) is 14.4 Å². The second-order valence-electron chi connectivity index (χ2n) is 8.61. The Bertz CT molecular complexity index is 782. The van der Waals surface area contributed by atoms with Crippen LogP contribution in [0.5, 0.6) is 0 Å². The molecule has 4 amide bonds. The minimum absolute atomic E-state index is 0.269. The van der Waals surface area contributed by atoms with Crippen LogP contribution in [0.15, 0.2) is 30.3 Å². The van der Waals surface area contributed by atoms with Gasteiger partial charge in [0, 0.05) is 5.92 Å². The summed E-state index contributed by atoms with van der Waals surface area (Å²) in [6, 6.07) is 9.17. The highest BCUT2D eigenvalue weighted by molar-refractivity contribution is 6.08. The van der Waals surface area contributed by atoms with Crippen LogP contribution in [0.1, 0.15) is 57.4 Å². The Labute approximate surface area is 171 Å². The van der Waals surface area contributed by atoms with Crippen LogP contribution in [0, 0.1) is 5.92 Å². The number of urea groups is 1. The molecule has 29 heavy (non-hydrogen) atoms. The number of piperidine rings is 1. The highest BCUT2D eigenvalue weighted by Crippen LogP contribution is 2.31.